The molecule has 0 radical (unpaired) electrons. The molecule has 0 aliphatic carbocycles. The van der Waals surface area contributed by atoms with Crippen molar-refractivity contribution in [1.29, 1.82) is 0 Å². The smallest absolute Gasteiger partial charge is 0.150 e. The van der Waals surface area contributed by atoms with E-state index in [0.717, 1.165) is 0 Å². The van der Waals surface area contributed by atoms with Crippen molar-refractivity contribution in [2.45, 2.75) is 26.2 Å². The maximum atomic E-state index is 12.0. The van der Waals surface area contributed by atoms with Crippen LogP contribution in [0.2, 0.25) is 5.02 Å². The minimum atomic E-state index is -2.92. The normalized spacial score (nSPS) is 21.7. The lowest BCUT2D eigenvalue weighted by molar-refractivity contribution is -0.119. The van der Waals surface area contributed by atoms with Crippen molar-refractivity contribution >= 4 is 27.2 Å². The molecular formula is C12H17ClN2O3S. The molecular weight excluding hydrogens is 288 g/mol. The van der Waals surface area contributed by atoms with Gasteiger partial charge in [0.15, 0.2) is 9.84 Å². The summed E-state index contributed by atoms with van der Waals surface area (Å²) in [4.78, 5) is 12.0. The highest BCUT2D eigenvalue weighted by Gasteiger charge is 2.29. The highest BCUT2D eigenvalue weighted by molar-refractivity contribution is 7.91. The van der Waals surface area contributed by atoms with Gasteiger partial charge in [-0.05, 0) is 19.3 Å². The van der Waals surface area contributed by atoms with Crippen LogP contribution in [-0.2, 0) is 28.1 Å². The first kappa shape index (κ1) is 14.5. The molecule has 0 amide bonds. The number of carbonyl (C=O) groups excluding carboxylic acids is 1. The molecule has 1 aromatic rings. The number of hydrogen-bond donors (Lipinski definition) is 0. The van der Waals surface area contributed by atoms with Gasteiger partial charge in [0.1, 0.15) is 5.78 Å². The van der Waals surface area contributed by atoms with E-state index in [9.17, 15) is 13.2 Å². The molecule has 106 valence electrons. The van der Waals surface area contributed by atoms with Crippen LogP contribution >= 0.6 is 11.6 Å². The van der Waals surface area contributed by atoms with Gasteiger partial charge >= 0.3 is 0 Å². The molecule has 1 atom stereocenters. The Morgan fingerprint density at radius 1 is 1.53 bits per heavy atom. The molecule has 0 saturated carbocycles. The maximum absolute atomic E-state index is 12.0. The summed E-state index contributed by atoms with van der Waals surface area (Å²) >= 11 is 6.09. The molecule has 2 rings (SSSR count). The third-order valence-corrected chi connectivity index (χ3v) is 5.80. The molecule has 1 saturated heterocycles. The Morgan fingerprint density at radius 3 is 2.68 bits per heavy atom. The van der Waals surface area contributed by atoms with Gasteiger partial charge in [0, 0.05) is 19.9 Å². The number of rotatable bonds is 4. The van der Waals surface area contributed by atoms with Crippen LogP contribution in [0, 0.1) is 12.8 Å². The zero-order chi connectivity index (χ0) is 14.2. The van der Waals surface area contributed by atoms with Crippen molar-refractivity contribution in [3.8, 4) is 0 Å². The second-order valence-corrected chi connectivity index (χ2v) is 7.77. The van der Waals surface area contributed by atoms with Gasteiger partial charge in [-0.3, -0.25) is 9.48 Å². The van der Waals surface area contributed by atoms with Crippen LogP contribution in [-0.4, -0.2) is 35.5 Å². The molecule has 0 spiro atoms. The molecule has 1 unspecified atom stereocenters. The van der Waals surface area contributed by atoms with Crippen LogP contribution < -0.4 is 0 Å². The Bertz CT molecular complexity index is 607. The van der Waals surface area contributed by atoms with Gasteiger partial charge in [-0.15, -0.1) is 0 Å². The number of halogens is 1. The molecule has 1 aromatic heterocycles. The van der Waals surface area contributed by atoms with Crippen molar-refractivity contribution in [2.24, 2.45) is 13.0 Å². The van der Waals surface area contributed by atoms with Crippen molar-refractivity contribution in [1.82, 2.24) is 9.78 Å². The Morgan fingerprint density at radius 2 is 2.21 bits per heavy atom. The van der Waals surface area contributed by atoms with Crippen molar-refractivity contribution in [2.75, 3.05) is 11.5 Å². The number of sulfone groups is 1. The van der Waals surface area contributed by atoms with Gasteiger partial charge < -0.3 is 0 Å². The number of Topliss-reactive ketones (excluding diaryl/α,β-unsaturated/α-hetero) is 1. The molecule has 2 heterocycles. The summed E-state index contributed by atoms with van der Waals surface area (Å²) < 4.78 is 24.3. The van der Waals surface area contributed by atoms with E-state index in [1.807, 2.05) is 0 Å². The van der Waals surface area contributed by atoms with E-state index in [0.29, 0.717) is 29.3 Å². The molecule has 1 aliphatic heterocycles. The summed E-state index contributed by atoms with van der Waals surface area (Å²) in [5, 5.41) is 4.68. The number of nitrogens with zero attached hydrogens (tertiary/aromatic N) is 2. The largest absolute Gasteiger partial charge is 0.299 e. The first-order chi connectivity index (χ1) is 8.78. The fourth-order valence-corrected chi connectivity index (χ4v) is 4.57. The van der Waals surface area contributed by atoms with Crippen LogP contribution in [0.15, 0.2) is 0 Å². The van der Waals surface area contributed by atoms with E-state index in [2.05, 4.69) is 5.10 Å². The molecule has 7 heteroatoms. The first-order valence-electron chi connectivity index (χ1n) is 6.18. The van der Waals surface area contributed by atoms with E-state index in [1.54, 1.807) is 18.7 Å². The average molecular weight is 305 g/mol. The van der Waals surface area contributed by atoms with Gasteiger partial charge in [0.25, 0.3) is 0 Å². The third kappa shape index (κ3) is 3.36. The highest BCUT2D eigenvalue weighted by Crippen LogP contribution is 2.24. The van der Waals surface area contributed by atoms with Gasteiger partial charge in [-0.25, -0.2) is 8.42 Å². The zero-order valence-electron chi connectivity index (χ0n) is 11.0. The number of aromatic nitrogens is 2. The highest BCUT2D eigenvalue weighted by atomic mass is 35.5. The summed E-state index contributed by atoms with van der Waals surface area (Å²) in [6.07, 6.45) is 1.11. The Labute approximate surface area is 117 Å². The summed E-state index contributed by atoms with van der Waals surface area (Å²) in [6, 6.07) is 0. The predicted octanol–water partition coefficient (Wildman–Crippen LogP) is 1.32. The minimum absolute atomic E-state index is 0.0204. The van der Waals surface area contributed by atoms with Crippen molar-refractivity contribution in [3.05, 3.63) is 16.4 Å². The fourth-order valence-electron chi connectivity index (χ4n) is 2.49. The molecule has 1 fully saturated rings. The van der Waals surface area contributed by atoms with Crippen molar-refractivity contribution < 1.29 is 13.2 Å². The molecule has 0 aromatic carbocycles. The molecule has 19 heavy (non-hydrogen) atoms. The van der Waals surface area contributed by atoms with E-state index in [1.165, 1.54) is 0 Å². The summed E-state index contributed by atoms with van der Waals surface area (Å²) in [5.74, 6) is 0.325. The number of carbonyl (C=O) groups is 1. The fraction of sp³-hybridized carbons (Fsp3) is 0.667. The SMILES string of the molecule is Cc1nn(C)c(CC(=O)CC2CCS(=O)(=O)C2)c1Cl. The second-order valence-electron chi connectivity index (χ2n) is 5.16. The van der Waals surface area contributed by atoms with Gasteiger partial charge in [0.2, 0.25) is 0 Å². The topological polar surface area (TPSA) is 69.0 Å². The standard InChI is InChI=1S/C12H17ClN2O3S/c1-8-12(13)11(15(2)14-8)6-10(16)5-9-3-4-19(17,18)7-9/h9H,3-7H2,1-2H3. The van der Waals surface area contributed by atoms with Crippen LogP contribution in [0.1, 0.15) is 24.2 Å². The maximum Gasteiger partial charge on any atom is 0.150 e. The lowest BCUT2D eigenvalue weighted by Gasteiger charge is -2.07. The zero-order valence-corrected chi connectivity index (χ0v) is 12.6. The van der Waals surface area contributed by atoms with E-state index in [4.69, 9.17) is 11.6 Å². The third-order valence-electron chi connectivity index (χ3n) is 3.47. The Kier molecular flexibility index (Phi) is 4.01. The van der Waals surface area contributed by atoms with E-state index >= 15 is 0 Å². The Hall–Kier alpha value is -0.880. The molecule has 1 aliphatic rings. The van der Waals surface area contributed by atoms with Crippen LogP contribution in [0.3, 0.4) is 0 Å². The predicted molar refractivity (Wildman–Crippen MR) is 73.0 cm³/mol. The number of ketones is 1. The first-order valence-corrected chi connectivity index (χ1v) is 8.38. The Balaban J connectivity index is 1.99. The summed E-state index contributed by atoms with van der Waals surface area (Å²) in [5.41, 5.74) is 1.40. The molecule has 0 N–H and O–H groups in total. The van der Waals surface area contributed by atoms with Gasteiger partial charge in [0.05, 0.1) is 27.9 Å². The average Bonchev–Trinajstić information content (AvgIpc) is 2.74. The van der Waals surface area contributed by atoms with Crippen molar-refractivity contribution in [3.63, 3.8) is 0 Å². The summed E-state index contributed by atoms with van der Waals surface area (Å²) in [7, 11) is -1.17. The summed E-state index contributed by atoms with van der Waals surface area (Å²) in [6.45, 7) is 1.79. The van der Waals surface area contributed by atoms with E-state index < -0.39 is 9.84 Å². The number of aryl methyl sites for hydroxylation is 2. The number of hydrogen-bond acceptors (Lipinski definition) is 4. The lowest BCUT2D eigenvalue weighted by atomic mass is 9.99. The van der Waals surface area contributed by atoms with Crippen LogP contribution in [0.25, 0.3) is 0 Å². The second kappa shape index (κ2) is 5.25. The quantitative estimate of drug-likeness (QED) is 0.841. The molecule has 0 bridgehead atoms. The van der Waals surface area contributed by atoms with Gasteiger partial charge in [-0.1, -0.05) is 11.6 Å². The van der Waals surface area contributed by atoms with Crippen LogP contribution in [0.4, 0.5) is 0 Å². The monoisotopic (exact) mass is 304 g/mol. The molecule has 5 nitrogen and oxygen atoms in total. The van der Waals surface area contributed by atoms with E-state index in [-0.39, 0.29) is 29.6 Å². The lowest BCUT2D eigenvalue weighted by Crippen LogP contribution is -2.14. The van der Waals surface area contributed by atoms with Crippen LogP contribution in [0.5, 0.6) is 0 Å². The minimum Gasteiger partial charge on any atom is -0.299 e. The van der Waals surface area contributed by atoms with Gasteiger partial charge in [-0.2, -0.15) is 5.10 Å².